The molecule has 1 aliphatic heterocycles. The molecule has 33 heavy (non-hydrogen) atoms. The van der Waals surface area contributed by atoms with Crippen LogP contribution < -0.4 is 15.0 Å². The Morgan fingerprint density at radius 1 is 1.12 bits per heavy atom. The van der Waals surface area contributed by atoms with Crippen molar-refractivity contribution in [1.29, 1.82) is 0 Å². The van der Waals surface area contributed by atoms with Gasteiger partial charge in [0.1, 0.15) is 5.75 Å². The Hall–Kier alpha value is -3.33. The quantitative estimate of drug-likeness (QED) is 0.434. The SMILES string of the molecule is CCN(CC)CCNc1ccc([N+](=O)[O-])cc1C(=O)N1CCN(c2ccccc2OC)CC1. The molecule has 0 atom stereocenters. The van der Waals surface area contributed by atoms with Gasteiger partial charge in [0, 0.05) is 57.1 Å². The molecule has 0 aliphatic carbocycles. The predicted molar refractivity (Wildman–Crippen MR) is 130 cm³/mol. The van der Waals surface area contributed by atoms with E-state index in [0.29, 0.717) is 44.0 Å². The topological polar surface area (TPSA) is 91.2 Å². The van der Waals surface area contributed by atoms with Gasteiger partial charge in [-0.1, -0.05) is 26.0 Å². The normalized spacial score (nSPS) is 13.8. The van der Waals surface area contributed by atoms with Gasteiger partial charge in [-0.05, 0) is 31.3 Å². The molecule has 1 amide bonds. The number of ether oxygens (including phenoxy) is 1. The molecule has 0 unspecified atom stereocenters. The maximum Gasteiger partial charge on any atom is 0.270 e. The first-order valence-electron chi connectivity index (χ1n) is 11.4. The second-order valence-electron chi connectivity index (χ2n) is 7.89. The van der Waals surface area contributed by atoms with Crippen LogP contribution >= 0.6 is 0 Å². The van der Waals surface area contributed by atoms with Crippen molar-refractivity contribution >= 4 is 23.0 Å². The lowest BCUT2D eigenvalue weighted by atomic mass is 10.1. The van der Waals surface area contributed by atoms with E-state index in [9.17, 15) is 14.9 Å². The van der Waals surface area contributed by atoms with Gasteiger partial charge in [-0.15, -0.1) is 0 Å². The number of non-ortho nitro benzene ring substituents is 1. The van der Waals surface area contributed by atoms with E-state index < -0.39 is 4.92 Å². The van der Waals surface area contributed by atoms with E-state index in [2.05, 4.69) is 29.0 Å². The Labute approximate surface area is 195 Å². The number of piperazine rings is 1. The summed E-state index contributed by atoms with van der Waals surface area (Å²) in [5.41, 5.74) is 1.89. The number of anilines is 2. The molecule has 0 spiro atoms. The maximum atomic E-state index is 13.4. The van der Waals surface area contributed by atoms with Gasteiger partial charge in [-0.25, -0.2) is 0 Å². The Kier molecular flexibility index (Phi) is 8.48. The number of likely N-dealkylation sites (N-methyl/N-ethyl adjacent to an activating group) is 1. The fraction of sp³-hybridized carbons (Fsp3) is 0.458. The minimum absolute atomic E-state index is 0.0831. The molecule has 0 radical (unpaired) electrons. The lowest BCUT2D eigenvalue weighted by Crippen LogP contribution is -2.49. The summed E-state index contributed by atoms with van der Waals surface area (Å²) in [4.78, 5) is 30.5. The van der Waals surface area contributed by atoms with Gasteiger partial charge < -0.3 is 24.8 Å². The van der Waals surface area contributed by atoms with Gasteiger partial charge >= 0.3 is 0 Å². The number of nitro groups is 1. The largest absolute Gasteiger partial charge is 0.495 e. The third-order valence-corrected chi connectivity index (χ3v) is 6.08. The van der Waals surface area contributed by atoms with Crippen molar-refractivity contribution in [3.8, 4) is 5.75 Å². The lowest BCUT2D eigenvalue weighted by molar-refractivity contribution is -0.384. The summed E-state index contributed by atoms with van der Waals surface area (Å²) < 4.78 is 5.47. The standard InChI is InChI=1S/C24H33N5O4/c1-4-26(5-2)13-12-25-21-11-10-19(29(31)32)18-20(21)24(30)28-16-14-27(15-17-28)22-8-6-7-9-23(22)33-3/h6-11,18,25H,4-5,12-17H2,1-3H3. The van der Waals surface area contributed by atoms with Crippen molar-refractivity contribution in [2.24, 2.45) is 0 Å². The fourth-order valence-corrected chi connectivity index (χ4v) is 4.08. The zero-order valence-corrected chi connectivity index (χ0v) is 19.6. The van der Waals surface area contributed by atoms with Gasteiger partial charge in [0.05, 0.1) is 23.3 Å². The highest BCUT2D eigenvalue weighted by molar-refractivity contribution is 6.00. The van der Waals surface area contributed by atoms with Crippen LogP contribution in [0.3, 0.4) is 0 Å². The number of nitrogens with zero attached hydrogens (tertiary/aromatic N) is 4. The molecule has 9 nitrogen and oxygen atoms in total. The number of nitro benzene ring substituents is 1. The van der Waals surface area contributed by atoms with Crippen LogP contribution in [-0.2, 0) is 0 Å². The zero-order valence-electron chi connectivity index (χ0n) is 19.6. The maximum absolute atomic E-state index is 13.4. The van der Waals surface area contributed by atoms with Gasteiger partial charge in [-0.3, -0.25) is 14.9 Å². The number of methoxy groups -OCH3 is 1. The summed E-state index contributed by atoms with van der Waals surface area (Å²) in [6.45, 7) is 9.95. The van der Waals surface area contributed by atoms with Crippen LogP contribution in [0.1, 0.15) is 24.2 Å². The summed E-state index contributed by atoms with van der Waals surface area (Å²) in [5.74, 6) is 0.611. The molecule has 9 heteroatoms. The molecular weight excluding hydrogens is 422 g/mol. The summed E-state index contributed by atoms with van der Waals surface area (Å²) in [5, 5.41) is 14.6. The van der Waals surface area contributed by atoms with E-state index in [1.807, 2.05) is 24.3 Å². The smallest absolute Gasteiger partial charge is 0.270 e. The minimum Gasteiger partial charge on any atom is -0.495 e. The number of carbonyl (C=O) groups is 1. The number of benzene rings is 2. The van der Waals surface area contributed by atoms with E-state index in [4.69, 9.17) is 4.74 Å². The number of para-hydroxylation sites is 2. The Bertz CT molecular complexity index is 956. The highest BCUT2D eigenvalue weighted by atomic mass is 16.6. The molecule has 0 saturated carbocycles. The van der Waals surface area contributed by atoms with E-state index in [1.54, 1.807) is 18.1 Å². The number of amides is 1. The highest BCUT2D eigenvalue weighted by Gasteiger charge is 2.26. The average Bonchev–Trinajstić information content (AvgIpc) is 2.86. The van der Waals surface area contributed by atoms with Gasteiger partial charge in [-0.2, -0.15) is 0 Å². The number of carbonyl (C=O) groups excluding carboxylic acids is 1. The summed E-state index contributed by atoms with van der Waals surface area (Å²) in [7, 11) is 1.65. The highest BCUT2D eigenvalue weighted by Crippen LogP contribution is 2.29. The first-order valence-corrected chi connectivity index (χ1v) is 11.4. The van der Waals surface area contributed by atoms with Crippen molar-refractivity contribution in [2.75, 3.05) is 69.7 Å². The average molecular weight is 456 g/mol. The van der Waals surface area contributed by atoms with Crippen LogP contribution in [0.25, 0.3) is 0 Å². The molecule has 1 N–H and O–H groups in total. The van der Waals surface area contributed by atoms with Crippen LogP contribution in [-0.4, -0.2) is 80.1 Å². The fourth-order valence-electron chi connectivity index (χ4n) is 4.08. The molecule has 3 rings (SSSR count). The van der Waals surface area contributed by atoms with Crippen molar-refractivity contribution in [3.63, 3.8) is 0 Å². The third-order valence-electron chi connectivity index (χ3n) is 6.08. The summed E-state index contributed by atoms with van der Waals surface area (Å²) in [6.07, 6.45) is 0. The summed E-state index contributed by atoms with van der Waals surface area (Å²) in [6, 6.07) is 12.3. The molecule has 1 aliphatic rings. The number of nitrogens with one attached hydrogen (secondary N) is 1. The van der Waals surface area contributed by atoms with E-state index in [1.165, 1.54) is 12.1 Å². The van der Waals surface area contributed by atoms with Gasteiger partial charge in [0.25, 0.3) is 11.6 Å². The molecule has 2 aromatic carbocycles. The van der Waals surface area contributed by atoms with Crippen molar-refractivity contribution in [1.82, 2.24) is 9.80 Å². The molecule has 0 bridgehead atoms. The van der Waals surface area contributed by atoms with Crippen molar-refractivity contribution in [2.45, 2.75) is 13.8 Å². The first kappa shape index (κ1) is 24.3. The van der Waals surface area contributed by atoms with Crippen LogP contribution in [0, 0.1) is 10.1 Å². The van der Waals surface area contributed by atoms with Crippen LogP contribution in [0.2, 0.25) is 0 Å². The predicted octanol–water partition coefficient (Wildman–Crippen LogP) is 3.32. The van der Waals surface area contributed by atoms with E-state index >= 15 is 0 Å². The number of hydrogen-bond acceptors (Lipinski definition) is 7. The molecule has 178 valence electrons. The monoisotopic (exact) mass is 455 g/mol. The molecule has 2 aromatic rings. The van der Waals surface area contributed by atoms with Crippen molar-refractivity contribution < 1.29 is 14.5 Å². The minimum atomic E-state index is -0.462. The Morgan fingerprint density at radius 3 is 2.45 bits per heavy atom. The second kappa shape index (κ2) is 11.5. The van der Waals surface area contributed by atoms with Gasteiger partial charge in [0.15, 0.2) is 0 Å². The zero-order chi connectivity index (χ0) is 23.8. The third kappa shape index (κ3) is 5.92. The first-order chi connectivity index (χ1) is 16.0. The Balaban J connectivity index is 1.72. The van der Waals surface area contributed by atoms with E-state index in [0.717, 1.165) is 31.1 Å². The van der Waals surface area contributed by atoms with Crippen LogP contribution in [0.5, 0.6) is 5.75 Å². The van der Waals surface area contributed by atoms with Crippen LogP contribution in [0.4, 0.5) is 17.1 Å². The molecule has 1 heterocycles. The number of rotatable bonds is 10. The lowest BCUT2D eigenvalue weighted by Gasteiger charge is -2.36. The Morgan fingerprint density at radius 2 is 1.82 bits per heavy atom. The molecular formula is C24H33N5O4. The van der Waals surface area contributed by atoms with Crippen LogP contribution in [0.15, 0.2) is 42.5 Å². The second-order valence-corrected chi connectivity index (χ2v) is 7.89. The molecule has 1 fully saturated rings. The van der Waals surface area contributed by atoms with E-state index in [-0.39, 0.29) is 11.6 Å². The molecule has 0 aromatic heterocycles. The summed E-state index contributed by atoms with van der Waals surface area (Å²) >= 11 is 0. The molecule has 1 saturated heterocycles. The van der Waals surface area contributed by atoms with Gasteiger partial charge in [0.2, 0.25) is 0 Å². The number of hydrogen-bond donors (Lipinski definition) is 1. The van der Waals surface area contributed by atoms with Crippen molar-refractivity contribution in [3.05, 3.63) is 58.1 Å².